The highest BCUT2D eigenvalue weighted by Gasteiger charge is 2.50. The summed E-state index contributed by atoms with van der Waals surface area (Å²) in [5, 5.41) is 0. The fourth-order valence-corrected chi connectivity index (χ4v) is 26.6. The second kappa shape index (κ2) is 16.4. The predicted molar refractivity (Wildman–Crippen MR) is 164 cm³/mol. The third kappa shape index (κ3) is 19.0. The highest BCUT2D eigenvalue weighted by atomic mass is 28.5. The third-order valence-electron chi connectivity index (χ3n) is 5.03. The van der Waals surface area contributed by atoms with Crippen LogP contribution in [0.3, 0.4) is 0 Å². The Bertz CT molecular complexity index is 658. The van der Waals surface area contributed by atoms with Gasteiger partial charge in [0, 0.05) is 6.61 Å². The lowest BCUT2D eigenvalue weighted by Crippen LogP contribution is -2.63. The molecule has 1 fully saturated rings. The minimum Gasteiger partial charge on any atom is -0.437 e. The van der Waals surface area contributed by atoms with E-state index >= 15 is 0 Å². The number of hydrogen-bond acceptors (Lipinski definition) is 9. The van der Waals surface area contributed by atoms with Crippen molar-refractivity contribution in [2.75, 3.05) is 52.1 Å². The molecule has 1 saturated heterocycles. The second-order valence-electron chi connectivity index (χ2n) is 12.9. The second-order valence-corrected chi connectivity index (χ2v) is 32.6. The highest BCUT2D eigenvalue weighted by Crippen LogP contribution is 2.27. The van der Waals surface area contributed by atoms with Gasteiger partial charge in [-0.3, -0.25) is 0 Å². The monoisotopic (exact) mass is 630 g/mol. The molecule has 0 aromatic rings. The van der Waals surface area contributed by atoms with E-state index in [0.717, 1.165) is 26.1 Å². The fourth-order valence-electron chi connectivity index (χ4n) is 4.18. The first-order valence-electron chi connectivity index (χ1n) is 14.1. The molecule has 0 saturated carbocycles. The van der Waals surface area contributed by atoms with Gasteiger partial charge in [-0.15, -0.1) is 0 Å². The summed E-state index contributed by atoms with van der Waals surface area (Å²) in [7, 11) is -11.8. The predicted octanol–water partition coefficient (Wildman–Crippen LogP) is 5.30. The number of hydrogen-bond donors (Lipinski definition) is 0. The van der Waals surface area contributed by atoms with E-state index in [2.05, 4.69) is 72.4 Å². The first kappa shape index (κ1) is 36.8. The van der Waals surface area contributed by atoms with Crippen molar-refractivity contribution in [2.45, 2.75) is 104 Å². The average molecular weight is 631 g/mol. The Hall–Kier alpha value is 0.724. The van der Waals surface area contributed by atoms with Crippen LogP contribution in [0, 0.1) is 0 Å². The smallest absolute Gasteiger partial charge is 0.344 e. The van der Waals surface area contributed by atoms with E-state index in [4.69, 9.17) is 40.1 Å². The maximum absolute atomic E-state index is 6.94. The Labute approximate surface area is 238 Å². The molecule has 0 N–H and O–H groups in total. The van der Waals surface area contributed by atoms with E-state index < -0.39 is 42.3 Å². The zero-order valence-corrected chi connectivity index (χ0v) is 31.4. The zero-order chi connectivity index (χ0) is 29.1. The van der Waals surface area contributed by atoms with Gasteiger partial charge < -0.3 is 40.1 Å². The maximum atomic E-state index is 6.94. The largest absolute Gasteiger partial charge is 0.437 e. The summed E-state index contributed by atoms with van der Waals surface area (Å²) in [4.78, 5) is 0. The molecule has 1 heterocycles. The molecular formula is C24H58O9Si5. The summed E-state index contributed by atoms with van der Waals surface area (Å²) in [5.74, 6) is 0. The minimum absolute atomic E-state index is 0.0792. The van der Waals surface area contributed by atoms with Gasteiger partial charge in [0.15, 0.2) is 16.6 Å². The van der Waals surface area contributed by atoms with E-state index in [-0.39, 0.29) is 12.2 Å². The van der Waals surface area contributed by atoms with Gasteiger partial charge >= 0.3 is 25.7 Å². The van der Waals surface area contributed by atoms with Gasteiger partial charge in [-0.2, -0.15) is 0 Å². The number of unbranched alkanes of at least 4 members (excludes halogenated alkanes) is 1. The van der Waals surface area contributed by atoms with Crippen molar-refractivity contribution < 1.29 is 40.1 Å². The number of epoxide rings is 1. The SMILES string of the molecule is CCCCOC(C)COCCOC[Si](C)(O[Si](C)(C)C)O[Si](C)(COCC1CO1)O[Si](C)(C)O[Si](C)(C)C. The Morgan fingerprint density at radius 2 is 1.26 bits per heavy atom. The summed E-state index contributed by atoms with van der Waals surface area (Å²) < 4.78 is 56.0. The van der Waals surface area contributed by atoms with Crippen LogP contribution in [-0.4, -0.2) is 107 Å². The lowest BCUT2D eigenvalue weighted by Gasteiger charge is -2.43. The zero-order valence-electron chi connectivity index (χ0n) is 26.4. The van der Waals surface area contributed by atoms with Crippen LogP contribution in [0.15, 0.2) is 0 Å². The van der Waals surface area contributed by atoms with E-state index in [1.165, 1.54) is 0 Å². The molecule has 0 spiro atoms. The first-order valence-corrected chi connectivity index (χ1v) is 28.8. The molecule has 9 nitrogen and oxygen atoms in total. The molecule has 1 aliphatic heterocycles. The summed E-state index contributed by atoms with van der Waals surface area (Å²) in [6.07, 6.45) is 3.26. The molecular weight excluding hydrogens is 573 g/mol. The molecule has 38 heavy (non-hydrogen) atoms. The van der Waals surface area contributed by atoms with Crippen LogP contribution >= 0.6 is 0 Å². The molecule has 0 amide bonds. The Kier molecular flexibility index (Phi) is 15.8. The van der Waals surface area contributed by atoms with Gasteiger partial charge in [-0.05, 0) is 78.8 Å². The van der Waals surface area contributed by atoms with Crippen molar-refractivity contribution in [1.82, 2.24) is 0 Å². The molecule has 0 aromatic carbocycles. The Balaban J connectivity index is 2.80. The van der Waals surface area contributed by atoms with Crippen molar-refractivity contribution in [3.63, 3.8) is 0 Å². The molecule has 0 aromatic heterocycles. The molecule has 14 heteroatoms. The summed E-state index contributed by atoms with van der Waals surface area (Å²) in [6.45, 7) is 29.3. The van der Waals surface area contributed by atoms with Gasteiger partial charge in [-0.1, -0.05) is 13.3 Å². The van der Waals surface area contributed by atoms with Crippen molar-refractivity contribution >= 4 is 42.3 Å². The van der Waals surface area contributed by atoms with Crippen molar-refractivity contribution in [2.24, 2.45) is 0 Å². The Morgan fingerprint density at radius 1 is 0.711 bits per heavy atom. The third-order valence-corrected chi connectivity index (χ3v) is 22.2. The minimum atomic E-state index is -2.85. The molecule has 0 radical (unpaired) electrons. The normalized spacial score (nSPS) is 20.7. The Morgan fingerprint density at radius 3 is 1.82 bits per heavy atom. The van der Waals surface area contributed by atoms with E-state index in [0.29, 0.717) is 38.9 Å². The van der Waals surface area contributed by atoms with Gasteiger partial charge in [0.2, 0.25) is 0 Å². The van der Waals surface area contributed by atoms with Crippen molar-refractivity contribution in [1.29, 1.82) is 0 Å². The van der Waals surface area contributed by atoms with E-state index in [9.17, 15) is 0 Å². The lowest BCUT2D eigenvalue weighted by molar-refractivity contribution is -0.0220. The highest BCUT2D eigenvalue weighted by molar-refractivity contribution is 6.90. The quantitative estimate of drug-likeness (QED) is 0.0848. The number of ether oxygens (including phenoxy) is 5. The first-order chi connectivity index (χ1) is 17.4. The average Bonchev–Trinajstić information content (AvgIpc) is 3.51. The molecule has 0 bridgehead atoms. The van der Waals surface area contributed by atoms with Crippen LogP contribution < -0.4 is 0 Å². The van der Waals surface area contributed by atoms with Crippen LogP contribution in [0.5, 0.6) is 0 Å². The molecule has 0 aliphatic carbocycles. The van der Waals surface area contributed by atoms with Crippen LogP contribution in [0.25, 0.3) is 0 Å². The number of rotatable bonds is 23. The summed E-state index contributed by atoms with van der Waals surface area (Å²) >= 11 is 0. The van der Waals surface area contributed by atoms with E-state index in [1.807, 2.05) is 6.92 Å². The van der Waals surface area contributed by atoms with Crippen LogP contribution in [-0.2, 0) is 40.1 Å². The van der Waals surface area contributed by atoms with Gasteiger partial charge in [0.1, 0.15) is 6.10 Å². The fraction of sp³-hybridized carbons (Fsp3) is 1.00. The van der Waals surface area contributed by atoms with Crippen LogP contribution in [0.4, 0.5) is 0 Å². The lowest BCUT2D eigenvalue weighted by atomic mass is 10.3. The summed E-state index contributed by atoms with van der Waals surface area (Å²) in [6, 6.07) is 0. The molecule has 1 rings (SSSR count). The molecule has 228 valence electrons. The maximum Gasteiger partial charge on any atom is 0.344 e. The van der Waals surface area contributed by atoms with Gasteiger partial charge in [0.05, 0.1) is 51.6 Å². The van der Waals surface area contributed by atoms with Crippen LogP contribution in [0.1, 0.15) is 26.7 Å². The summed E-state index contributed by atoms with van der Waals surface area (Å²) in [5.41, 5.74) is 0. The van der Waals surface area contributed by atoms with Crippen molar-refractivity contribution in [3.05, 3.63) is 0 Å². The molecule has 4 unspecified atom stereocenters. The molecule has 4 atom stereocenters. The van der Waals surface area contributed by atoms with Crippen LogP contribution in [0.2, 0.25) is 65.5 Å². The molecule has 1 aliphatic rings. The van der Waals surface area contributed by atoms with Gasteiger partial charge in [0.25, 0.3) is 0 Å². The van der Waals surface area contributed by atoms with E-state index in [1.54, 1.807) is 0 Å². The van der Waals surface area contributed by atoms with Gasteiger partial charge in [-0.25, -0.2) is 0 Å². The standard InChI is InChI=1S/C24H58O9Si5/c1-13-14-15-28-23(2)18-25-16-17-26-21-37(11,31-35(6,7)8)33-38(12,22-27-19-24-20-29-24)32-36(9,10)30-34(3,4)5/h23-24H,13-22H2,1-12H3. The topological polar surface area (TPSA) is 86.4 Å². The van der Waals surface area contributed by atoms with Crippen molar-refractivity contribution in [3.8, 4) is 0 Å².